The molecular formula is C12H13F3O4. The third-order valence-corrected chi connectivity index (χ3v) is 3.34. The van der Waals surface area contributed by atoms with Crippen molar-refractivity contribution in [2.75, 3.05) is 0 Å². The first-order valence-corrected chi connectivity index (χ1v) is 5.95. The number of hydrogen-bond acceptors (Lipinski definition) is 4. The molecule has 0 aromatic carbocycles. The highest BCUT2D eigenvalue weighted by Crippen LogP contribution is 2.42. The van der Waals surface area contributed by atoms with Crippen LogP contribution in [0.1, 0.15) is 32.6 Å². The summed E-state index contributed by atoms with van der Waals surface area (Å²) in [6.07, 6.45) is -3.69. The number of fused-ring (bicyclic) bond motifs is 1. The fourth-order valence-electron chi connectivity index (χ4n) is 2.55. The Kier molecular flexibility index (Phi) is 3.32. The second-order valence-corrected chi connectivity index (χ2v) is 4.71. The van der Waals surface area contributed by atoms with Crippen LogP contribution in [0.3, 0.4) is 0 Å². The number of ether oxygens (including phenoxy) is 2. The lowest BCUT2D eigenvalue weighted by Gasteiger charge is -2.43. The van der Waals surface area contributed by atoms with Crippen molar-refractivity contribution in [3.8, 4) is 0 Å². The topological polar surface area (TPSA) is 52.6 Å². The molecule has 2 aliphatic rings. The highest BCUT2D eigenvalue weighted by atomic mass is 19.4. The van der Waals surface area contributed by atoms with Gasteiger partial charge in [-0.2, -0.15) is 13.2 Å². The molecule has 1 fully saturated rings. The van der Waals surface area contributed by atoms with Crippen LogP contribution in [0.15, 0.2) is 11.8 Å². The first-order chi connectivity index (χ1) is 8.75. The maximum absolute atomic E-state index is 12.6. The van der Waals surface area contributed by atoms with Crippen molar-refractivity contribution in [1.29, 1.82) is 0 Å². The smallest absolute Gasteiger partial charge is 0.449 e. The summed E-state index contributed by atoms with van der Waals surface area (Å²) in [4.78, 5) is 23.1. The van der Waals surface area contributed by atoms with E-state index in [0.717, 1.165) is 6.92 Å². The summed E-state index contributed by atoms with van der Waals surface area (Å²) in [5, 5.41) is 0. The van der Waals surface area contributed by atoms with Gasteiger partial charge in [0.25, 0.3) is 0 Å². The van der Waals surface area contributed by atoms with Crippen LogP contribution in [-0.4, -0.2) is 29.6 Å². The normalized spacial score (nSPS) is 31.1. The van der Waals surface area contributed by atoms with Crippen LogP contribution in [0.25, 0.3) is 0 Å². The molecule has 19 heavy (non-hydrogen) atoms. The van der Waals surface area contributed by atoms with Crippen LogP contribution in [0.2, 0.25) is 0 Å². The van der Waals surface area contributed by atoms with Crippen molar-refractivity contribution in [1.82, 2.24) is 0 Å². The van der Waals surface area contributed by atoms with Gasteiger partial charge in [0.1, 0.15) is 6.10 Å². The predicted molar refractivity (Wildman–Crippen MR) is 57.0 cm³/mol. The van der Waals surface area contributed by atoms with Gasteiger partial charge >= 0.3 is 12.1 Å². The molecule has 2 rings (SSSR count). The highest BCUT2D eigenvalue weighted by molar-refractivity contribution is 6.00. The van der Waals surface area contributed by atoms with Crippen molar-refractivity contribution < 1.29 is 32.2 Å². The minimum absolute atomic E-state index is 0.192. The molecule has 2 unspecified atom stereocenters. The van der Waals surface area contributed by atoms with Crippen LogP contribution >= 0.6 is 0 Å². The molecule has 106 valence electrons. The van der Waals surface area contributed by atoms with E-state index in [1.165, 1.54) is 0 Å². The molecule has 0 aromatic heterocycles. The molecule has 0 saturated heterocycles. The third-order valence-electron chi connectivity index (χ3n) is 3.34. The number of rotatable bonds is 1. The molecule has 4 nitrogen and oxygen atoms in total. The maximum Gasteiger partial charge on any atom is 0.449 e. The molecule has 2 atom stereocenters. The molecule has 0 N–H and O–H groups in total. The first kappa shape index (κ1) is 13.9. The van der Waals surface area contributed by atoms with Gasteiger partial charge in [0.2, 0.25) is 17.1 Å². The Morgan fingerprint density at radius 2 is 2.16 bits per heavy atom. The van der Waals surface area contributed by atoms with Crippen molar-refractivity contribution in [3.05, 3.63) is 11.8 Å². The fourth-order valence-corrected chi connectivity index (χ4v) is 2.55. The van der Waals surface area contributed by atoms with E-state index in [0.29, 0.717) is 18.9 Å². The maximum atomic E-state index is 12.6. The van der Waals surface area contributed by atoms with Gasteiger partial charge in [0, 0.05) is 13.0 Å². The number of carbonyl (C=O) groups is 2. The summed E-state index contributed by atoms with van der Waals surface area (Å²) in [7, 11) is 0. The lowest BCUT2D eigenvalue weighted by molar-refractivity contribution is -0.203. The molecule has 1 heterocycles. The molecule has 0 aromatic rings. The Labute approximate surface area is 107 Å². The molecule has 1 aliphatic carbocycles. The minimum atomic E-state index is -4.71. The molecule has 0 bridgehead atoms. The number of hydrogen-bond donors (Lipinski definition) is 0. The monoisotopic (exact) mass is 278 g/mol. The number of carbonyl (C=O) groups excluding carboxylic acids is 2. The summed E-state index contributed by atoms with van der Waals surface area (Å²) < 4.78 is 47.7. The highest BCUT2D eigenvalue weighted by Gasteiger charge is 2.56. The Balaban J connectivity index is 2.38. The van der Waals surface area contributed by atoms with Crippen LogP contribution in [-0.2, 0) is 19.1 Å². The van der Waals surface area contributed by atoms with Crippen molar-refractivity contribution in [2.45, 2.75) is 50.5 Å². The zero-order valence-corrected chi connectivity index (χ0v) is 10.3. The van der Waals surface area contributed by atoms with E-state index in [1.54, 1.807) is 0 Å². The van der Waals surface area contributed by atoms with Crippen LogP contribution in [0.4, 0.5) is 13.2 Å². The Hall–Kier alpha value is -1.53. The Morgan fingerprint density at radius 1 is 1.47 bits per heavy atom. The number of alkyl halides is 3. The average molecular weight is 278 g/mol. The summed E-state index contributed by atoms with van der Waals surface area (Å²) in [5.74, 6) is -2.86. The number of ketones is 1. The fraction of sp³-hybridized carbons (Fsp3) is 0.667. The standard InChI is InChI=1S/C12H13F3O4/c1-7(16)19-11-5-3-2-4-9(11)18-10(6-8(11)17)12(13,14)15/h6,9H,2-5H2,1H3. The van der Waals surface area contributed by atoms with Crippen molar-refractivity contribution in [3.63, 3.8) is 0 Å². The largest absolute Gasteiger partial charge is 0.481 e. The summed E-state index contributed by atoms with van der Waals surface area (Å²) in [5.41, 5.74) is -1.58. The van der Waals surface area contributed by atoms with Gasteiger partial charge in [0.05, 0.1) is 0 Å². The number of allylic oxidation sites excluding steroid dienone is 1. The zero-order chi connectivity index (χ0) is 14.3. The van der Waals surface area contributed by atoms with Gasteiger partial charge in [-0.1, -0.05) is 0 Å². The molecule has 1 saturated carbocycles. The van der Waals surface area contributed by atoms with Gasteiger partial charge in [-0.25, -0.2) is 0 Å². The number of esters is 1. The minimum Gasteiger partial charge on any atom is -0.481 e. The summed E-state index contributed by atoms with van der Waals surface area (Å²) in [6.45, 7) is 1.12. The van der Waals surface area contributed by atoms with E-state index in [4.69, 9.17) is 9.47 Å². The van der Waals surface area contributed by atoms with Gasteiger partial charge < -0.3 is 9.47 Å². The second-order valence-electron chi connectivity index (χ2n) is 4.71. The van der Waals surface area contributed by atoms with Gasteiger partial charge in [-0.3, -0.25) is 9.59 Å². The average Bonchev–Trinajstić information content (AvgIpc) is 2.28. The molecule has 0 spiro atoms. The lowest BCUT2D eigenvalue weighted by Crippen LogP contribution is -2.57. The van der Waals surface area contributed by atoms with E-state index >= 15 is 0 Å². The first-order valence-electron chi connectivity index (χ1n) is 5.95. The molecule has 0 radical (unpaired) electrons. The van der Waals surface area contributed by atoms with E-state index < -0.39 is 35.4 Å². The molecule has 1 aliphatic heterocycles. The van der Waals surface area contributed by atoms with E-state index in [2.05, 4.69) is 0 Å². The van der Waals surface area contributed by atoms with Gasteiger partial charge in [-0.05, 0) is 25.7 Å². The predicted octanol–water partition coefficient (Wildman–Crippen LogP) is 2.28. The number of halogens is 3. The SMILES string of the molecule is CC(=O)OC12CCCCC1OC(C(F)(F)F)=CC2=O. The van der Waals surface area contributed by atoms with Gasteiger partial charge in [-0.15, -0.1) is 0 Å². The quantitative estimate of drug-likeness (QED) is 0.690. The van der Waals surface area contributed by atoms with Crippen LogP contribution < -0.4 is 0 Å². The molecule has 7 heteroatoms. The van der Waals surface area contributed by atoms with E-state index in [9.17, 15) is 22.8 Å². The summed E-state index contributed by atoms with van der Waals surface area (Å²) in [6, 6.07) is 0. The molecule has 0 amide bonds. The Bertz CT molecular complexity index is 441. The zero-order valence-electron chi connectivity index (χ0n) is 10.3. The van der Waals surface area contributed by atoms with Gasteiger partial charge in [0.15, 0.2) is 0 Å². The second kappa shape index (κ2) is 4.54. The van der Waals surface area contributed by atoms with Crippen molar-refractivity contribution in [2.24, 2.45) is 0 Å². The summed E-state index contributed by atoms with van der Waals surface area (Å²) >= 11 is 0. The van der Waals surface area contributed by atoms with Crippen LogP contribution in [0, 0.1) is 0 Å². The van der Waals surface area contributed by atoms with Crippen LogP contribution in [0.5, 0.6) is 0 Å². The third kappa shape index (κ3) is 2.46. The Morgan fingerprint density at radius 3 is 2.74 bits per heavy atom. The van der Waals surface area contributed by atoms with E-state index in [-0.39, 0.29) is 12.8 Å². The lowest BCUT2D eigenvalue weighted by atomic mass is 9.77. The van der Waals surface area contributed by atoms with Crippen molar-refractivity contribution >= 4 is 11.8 Å². The molecular weight excluding hydrogens is 265 g/mol. The van der Waals surface area contributed by atoms with E-state index in [1.807, 2.05) is 0 Å².